The van der Waals surface area contributed by atoms with Crippen molar-refractivity contribution in [2.24, 2.45) is 0 Å². The van der Waals surface area contributed by atoms with Gasteiger partial charge in [-0.2, -0.15) is 5.26 Å². The Morgan fingerprint density at radius 1 is 1.39 bits per heavy atom. The summed E-state index contributed by atoms with van der Waals surface area (Å²) >= 11 is 0. The van der Waals surface area contributed by atoms with E-state index in [9.17, 15) is 9.90 Å². The molecular formula is C13H11NO4. The Bertz CT molecular complexity index is 553. The molecule has 0 saturated carbocycles. The first kappa shape index (κ1) is 13.3. The molecule has 2 N–H and O–H groups in total. The summed E-state index contributed by atoms with van der Waals surface area (Å²) in [5.74, 6) is -1.17. The lowest BCUT2D eigenvalue weighted by atomic mass is 10.1. The zero-order valence-corrected chi connectivity index (χ0v) is 9.62. The molecule has 1 rings (SSSR count). The van der Waals surface area contributed by atoms with Crippen molar-refractivity contribution in [2.45, 2.75) is 0 Å². The second-order valence-electron chi connectivity index (χ2n) is 3.29. The van der Waals surface area contributed by atoms with Crippen molar-refractivity contribution >= 4 is 12.0 Å². The van der Waals surface area contributed by atoms with Crippen molar-refractivity contribution in [1.29, 1.82) is 5.26 Å². The Morgan fingerprint density at radius 3 is 2.67 bits per heavy atom. The van der Waals surface area contributed by atoms with E-state index in [4.69, 9.17) is 10.4 Å². The summed E-state index contributed by atoms with van der Waals surface area (Å²) in [7, 11) is 1.19. The monoisotopic (exact) mass is 245 g/mol. The highest BCUT2D eigenvalue weighted by molar-refractivity contribution is 5.93. The highest BCUT2D eigenvalue weighted by atomic mass is 16.5. The van der Waals surface area contributed by atoms with Gasteiger partial charge in [0.15, 0.2) is 11.5 Å². The Labute approximate surface area is 104 Å². The largest absolute Gasteiger partial charge is 0.504 e. The Hall–Kier alpha value is -2.74. The number of rotatable bonds is 3. The average Bonchev–Trinajstić information content (AvgIpc) is 2.38. The minimum absolute atomic E-state index is 0.128. The number of ether oxygens (including phenoxy) is 1. The Kier molecular flexibility index (Phi) is 4.52. The van der Waals surface area contributed by atoms with Gasteiger partial charge in [-0.05, 0) is 23.8 Å². The number of benzene rings is 1. The molecule has 0 fully saturated rings. The number of aromatic hydroxyl groups is 2. The third-order valence-corrected chi connectivity index (χ3v) is 2.08. The van der Waals surface area contributed by atoms with E-state index in [0.717, 1.165) is 0 Å². The summed E-state index contributed by atoms with van der Waals surface area (Å²) in [5, 5.41) is 27.0. The molecule has 1 aromatic rings. The number of carbonyl (C=O) groups is 1. The number of methoxy groups -OCH3 is 1. The van der Waals surface area contributed by atoms with Gasteiger partial charge in [0.05, 0.1) is 7.11 Å². The van der Waals surface area contributed by atoms with E-state index in [1.165, 1.54) is 31.4 Å². The maximum Gasteiger partial charge on any atom is 0.348 e. The molecular weight excluding hydrogens is 234 g/mol. The van der Waals surface area contributed by atoms with Gasteiger partial charge in [0, 0.05) is 0 Å². The molecule has 0 heterocycles. The first-order valence-corrected chi connectivity index (χ1v) is 4.97. The molecule has 0 radical (unpaired) electrons. The predicted octanol–water partition coefficient (Wildman–Crippen LogP) is 1.73. The van der Waals surface area contributed by atoms with Crippen LogP contribution in [-0.2, 0) is 9.53 Å². The van der Waals surface area contributed by atoms with Crippen molar-refractivity contribution in [3.8, 4) is 17.6 Å². The quantitative estimate of drug-likeness (QED) is 0.278. The van der Waals surface area contributed by atoms with E-state index in [1.54, 1.807) is 18.2 Å². The van der Waals surface area contributed by atoms with E-state index in [-0.39, 0.29) is 17.1 Å². The van der Waals surface area contributed by atoms with Gasteiger partial charge < -0.3 is 14.9 Å². The molecule has 0 aliphatic heterocycles. The van der Waals surface area contributed by atoms with E-state index < -0.39 is 5.97 Å². The summed E-state index contributed by atoms with van der Waals surface area (Å²) in [6, 6.07) is 5.97. The lowest BCUT2D eigenvalue weighted by molar-refractivity contribution is -0.135. The molecule has 5 nitrogen and oxygen atoms in total. The second-order valence-corrected chi connectivity index (χ2v) is 3.29. The predicted molar refractivity (Wildman–Crippen MR) is 64.5 cm³/mol. The minimum atomic E-state index is -0.712. The van der Waals surface area contributed by atoms with Crippen LogP contribution in [0.25, 0.3) is 6.08 Å². The van der Waals surface area contributed by atoms with Gasteiger partial charge in [-0.3, -0.25) is 0 Å². The molecule has 0 atom stereocenters. The molecule has 18 heavy (non-hydrogen) atoms. The fourth-order valence-electron chi connectivity index (χ4n) is 1.16. The smallest absolute Gasteiger partial charge is 0.348 e. The van der Waals surface area contributed by atoms with Crippen LogP contribution in [0.3, 0.4) is 0 Å². The number of hydrogen-bond donors (Lipinski definition) is 2. The number of phenolic OH excluding ortho intramolecular Hbond substituents is 2. The van der Waals surface area contributed by atoms with Gasteiger partial charge in [-0.25, -0.2) is 4.79 Å². The van der Waals surface area contributed by atoms with Gasteiger partial charge in [-0.15, -0.1) is 0 Å². The first-order valence-electron chi connectivity index (χ1n) is 4.97. The zero-order chi connectivity index (χ0) is 13.5. The van der Waals surface area contributed by atoms with Crippen LogP contribution in [0.4, 0.5) is 0 Å². The summed E-state index contributed by atoms with van der Waals surface area (Å²) in [4.78, 5) is 11.1. The number of hydrogen-bond acceptors (Lipinski definition) is 5. The number of phenols is 2. The minimum Gasteiger partial charge on any atom is -0.504 e. The summed E-state index contributed by atoms with van der Waals surface area (Å²) in [6.45, 7) is 0. The maximum absolute atomic E-state index is 11.1. The number of nitrogens with zero attached hydrogens (tertiary/aromatic N) is 1. The molecule has 0 saturated heterocycles. The van der Waals surface area contributed by atoms with Crippen molar-refractivity contribution in [2.75, 3.05) is 7.11 Å². The fourth-order valence-corrected chi connectivity index (χ4v) is 1.16. The summed E-state index contributed by atoms with van der Waals surface area (Å²) < 4.78 is 4.40. The third kappa shape index (κ3) is 3.39. The molecule has 0 unspecified atom stereocenters. The number of nitriles is 1. The average molecular weight is 245 g/mol. The zero-order valence-electron chi connectivity index (χ0n) is 9.62. The highest BCUT2D eigenvalue weighted by Crippen LogP contribution is 2.25. The topological polar surface area (TPSA) is 90.6 Å². The third-order valence-electron chi connectivity index (χ3n) is 2.08. The van der Waals surface area contributed by atoms with Crippen LogP contribution in [0.15, 0.2) is 35.9 Å². The number of esters is 1. The van der Waals surface area contributed by atoms with Crippen LogP contribution in [-0.4, -0.2) is 23.3 Å². The standard InChI is InChI=1S/C13H11NO4/c1-18-13(17)10(8-14)4-2-3-9-5-6-11(15)12(16)7-9/h2-7,15-16H,1H3/b3-2+,10-4+. The van der Waals surface area contributed by atoms with E-state index in [1.807, 2.05) is 0 Å². The normalized spacial score (nSPS) is 11.2. The molecule has 0 bridgehead atoms. The van der Waals surface area contributed by atoms with Crippen LogP contribution in [0.5, 0.6) is 11.5 Å². The molecule has 0 spiro atoms. The van der Waals surface area contributed by atoms with Crippen molar-refractivity contribution < 1.29 is 19.7 Å². The number of allylic oxidation sites excluding steroid dienone is 2. The highest BCUT2D eigenvalue weighted by Gasteiger charge is 2.06. The van der Waals surface area contributed by atoms with Gasteiger partial charge in [0.1, 0.15) is 11.6 Å². The molecule has 0 amide bonds. The maximum atomic E-state index is 11.1. The summed E-state index contributed by atoms with van der Waals surface area (Å²) in [5.41, 5.74) is 0.487. The second kappa shape index (κ2) is 6.11. The Balaban J connectivity index is 2.87. The van der Waals surface area contributed by atoms with Crippen LogP contribution in [0.2, 0.25) is 0 Å². The molecule has 5 heteroatoms. The van der Waals surface area contributed by atoms with Crippen LogP contribution in [0.1, 0.15) is 5.56 Å². The van der Waals surface area contributed by atoms with E-state index in [0.29, 0.717) is 5.56 Å². The molecule has 1 aromatic carbocycles. The fraction of sp³-hybridized carbons (Fsp3) is 0.0769. The van der Waals surface area contributed by atoms with Crippen molar-refractivity contribution in [1.82, 2.24) is 0 Å². The first-order chi connectivity index (χ1) is 8.58. The van der Waals surface area contributed by atoms with Crippen molar-refractivity contribution in [3.05, 3.63) is 41.5 Å². The molecule has 0 aliphatic rings. The van der Waals surface area contributed by atoms with Gasteiger partial charge in [0.25, 0.3) is 0 Å². The van der Waals surface area contributed by atoms with Gasteiger partial charge in [0.2, 0.25) is 0 Å². The van der Waals surface area contributed by atoms with Crippen LogP contribution >= 0.6 is 0 Å². The molecule has 0 aliphatic carbocycles. The van der Waals surface area contributed by atoms with E-state index >= 15 is 0 Å². The SMILES string of the molecule is COC(=O)/C(C#N)=C/C=C/c1ccc(O)c(O)c1. The lowest BCUT2D eigenvalue weighted by Gasteiger charge is -1.98. The van der Waals surface area contributed by atoms with Gasteiger partial charge >= 0.3 is 5.97 Å². The van der Waals surface area contributed by atoms with E-state index in [2.05, 4.69) is 4.74 Å². The summed E-state index contributed by atoms with van der Waals surface area (Å²) in [6.07, 6.45) is 4.34. The molecule has 92 valence electrons. The van der Waals surface area contributed by atoms with Gasteiger partial charge in [-0.1, -0.05) is 18.2 Å². The van der Waals surface area contributed by atoms with Crippen molar-refractivity contribution in [3.63, 3.8) is 0 Å². The van der Waals surface area contributed by atoms with Crippen LogP contribution < -0.4 is 0 Å². The lowest BCUT2D eigenvalue weighted by Crippen LogP contribution is -2.02. The number of carbonyl (C=O) groups excluding carboxylic acids is 1. The molecule has 0 aromatic heterocycles. The van der Waals surface area contributed by atoms with Crippen LogP contribution in [0, 0.1) is 11.3 Å². The Morgan fingerprint density at radius 2 is 2.11 bits per heavy atom.